The molecule has 140 valence electrons. The molecular formula is C20H34N4O. The normalized spacial score (nSPS) is 16.7. The highest BCUT2D eigenvalue weighted by Crippen LogP contribution is 2.16. The highest BCUT2D eigenvalue weighted by molar-refractivity contribution is 5.79. The quantitative estimate of drug-likeness (QED) is 0.561. The summed E-state index contributed by atoms with van der Waals surface area (Å²) in [6.45, 7) is 7.88. The van der Waals surface area contributed by atoms with Crippen molar-refractivity contribution in [3.63, 3.8) is 0 Å². The van der Waals surface area contributed by atoms with Crippen molar-refractivity contribution in [1.82, 2.24) is 15.5 Å². The van der Waals surface area contributed by atoms with E-state index in [-0.39, 0.29) is 0 Å². The van der Waals surface area contributed by atoms with Gasteiger partial charge in [0.15, 0.2) is 5.96 Å². The Labute approximate surface area is 152 Å². The lowest BCUT2D eigenvalue weighted by atomic mass is 9.97. The maximum atomic E-state index is 5.19. The van der Waals surface area contributed by atoms with Crippen LogP contribution in [0, 0.1) is 5.92 Å². The van der Waals surface area contributed by atoms with Gasteiger partial charge in [-0.2, -0.15) is 0 Å². The number of likely N-dealkylation sites (tertiary alicyclic amines) is 1. The molecule has 1 aliphatic heterocycles. The maximum Gasteiger partial charge on any atom is 0.190 e. The summed E-state index contributed by atoms with van der Waals surface area (Å²) in [6, 6.07) is 8.24. The Hall–Kier alpha value is -1.75. The Morgan fingerprint density at radius 1 is 1.20 bits per heavy atom. The van der Waals surface area contributed by atoms with E-state index < -0.39 is 0 Å². The summed E-state index contributed by atoms with van der Waals surface area (Å²) in [5.74, 6) is 2.57. The first-order chi connectivity index (χ1) is 12.2. The molecule has 2 N–H and O–H groups in total. The van der Waals surface area contributed by atoms with E-state index in [1.54, 1.807) is 7.11 Å². The number of hydrogen-bond donors (Lipinski definition) is 2. The number of nitrogens with zero attached hydrogens (tertiary/aromatic N) is 2. The Balaban J connectivity index is 1.63. The van der Waals surface area contributed by atoms with Gasteiger partial charge in [-0.1, -0.05) is 19.1 Å². The van der Waals surface area contributed by atoms with E-state index in [1.165, 1.54) is 44.5 Å². The van der Waals surface area contributed by atoms with Gasteiger partial charge in [0.1, 0.15) is 5.75 Å². The number of ether oxygens (including phenoxy) is 1. The van der Waals surface area contributed by atoms with E-state index >= 15 is 0 Å². The molecule has 0 aliphatic carbocycles. The van der Waals surface area contributed by atoms with Gasteiger partial charge in [0.2, 0.25) is 0 Å². The molecule has 5 heteroatoms. The fraction of sp³-hybridized carbons (Fsp3) is 0.650. The summed E-state index contributed by atoms with van der Waals surface area (Å²) in [5, 5.41) is 6.90. The standard InChI is InChI=1S/C20H34N4O/c1-4-13-24-14-10-18(11-15-24)16-23-20(21-2)22-12-9-17-5-7-19(25-3)8-6-17/h5-8,18H,4,9-16H2,1-3H3,(H2,21,22,23). The molecule has 1 aliphatic rings. The molecule has 1 fully saturated rings. The lowest BCUT2D eigenvalue weighted by Gasteiger charge is -2.32. The SMILES string of the molecule is CCCN1CCC(CNC(=NC)NCCc2ccc(OC)cc2)CC1. The van der Waals surface area contributed by atoms with Crippen molar-refractivity contribution in [2.45, 2.75) is 32.6 Å². The highest BCUT2D eigenvalue weighted by atomic mass is 16.5. The molecular weight excluding hydrogens is 312 g/mol. The van der Waals surface area contributed by atoms with Gasteiger partial charge in [-0.15, -0.1) is 0 Å². The van der Waals surface area contributed by atoms with Gasteiger partial charge in [0, 0.05) is 20.1 Å². The number of piperidine rings is 1. The number of guanidine groups is 1. The smallest absolute Gasteiger partial charge is 0.190 e. The summed E-state index contributed by atoms with van der Waals surface area (Å²) < 4.78 is 5.19. The fourth-order valence-corrected chi connectivity index (χ4v) is 3.31. The minimum Gasteiger partial charge on any atom is -0.497 e. The number of hydrogen-bond acceptors (Lipinski definition) is 3. The topological polar surface area (TPSA) is 48.9 Å². The molecule has 25 heavy (non-hydrogen) atoms. The Bertz CT molecular complexity index is 507. The predicted octanol–water partition coefficient (Wildman–Crippen LogP) is 2.52. The molecule has 2 rings (SSSR count). The second-order valence-corrected chi connectivity index (χ2v) is 6.76. The maximum absolute atomic E-state index is 5.19. The molecule has 1 aromatic rings. The molecule has 0 aromatic heterocycles. The summed E-state index contributed by atoms with van der Waals surface area (Å²) in [4.78, 5) is 6.92. The third kappa shape index (κ3) is 6.94. The number of aliphatic imine (C=N–C) groups is 1. The summed E-state index contributed by atoms with van der Waals surface area (Å²) in [6.07, 6.45) is 4.81. The van der Waals surface area contributed by atoms with Crippen LogP contribution < -0.4 is 15.4 Å². The number of benzene rings is 1. The van der Waals surface area contributed by atoms with Crippen LogP contribution in [-0.4, -0.2) is 57.7 Å². The third-order valence-electron chi connectivity index (χ3n) is 4.89. The van der Waals surface area contributed by atoms with Gasteiger partial charge in [0.25, 0.3) is 0 Å². The average molecular weight is 347 g/mol. The second kappa shape index (κ2) is 11.0. The fourth-order valence-electron chi connectivity index (χ4n) is 3.31. The summed E-state index contributed by atoms with van der Waals surface area (Å²) in [7, 11) is 3.53. The van der Waals surface area contributed by atoms with Crippen LogP contribution in [0.4, 0.5) is 0 Å². The third-order valence-corrected chi connectivity index (χ3v) is 4.89. The van der Waals surface area contributed by atoms with Crippen molar-refractivity contribution < 1.29 is 4.74 Å². The molecule has 1 aromatic carbocycles. The first kappa shape index (κ1) is 19.6. The molecule has 1 heterocycles. The van der Waals surface area contributed by atoms with Crippen molar-refractivity contribution in [1.29, 1.82) is 0 Å². The molecule has 0 bridgehead atoms. The minimum absolute atomic E-state index is 0.758. The van der Waals surface area contributed by atoms with E-state index in [0.717, 1.165) is 37.1 Å². The first-order valence-corrected chi connectivity index (χ1v) is 9.55. The van der Waals surface area contributed by atoms with Crippen molar-refractivity contribution >= 4 is 5.96 Å². The van der Waals surface area contributed by atoms with Crippen LogP contribution in [-0.2, 0) is 6.42 Å². The van der Waals surface area contributed by atoms with Crippen molar-refractivity contribution in [2.75, 3.05) is 46.9 Å². The second-order valence-electron chi connectivity index (χ2n) is 6.76. The highest BCUT2D eigenvalue weighted by Gasteiger charge is 2.18. The van der Waals surface area contributed by atoms with Crippen LogP contribution in [0.3, 0.4) is 0 Å². The van der Waals surface area contributed by atoms with Crippen LogP contribution in [0.5, 0.6) is 5.75 Å². The average Bonchev–Trinajstić information content (AvgIpc) is 2.66. The summed E-state index contributed by atoms with van der Waals surface area (Å²) in [5.41, 5.74) is 1.30. The predicted molar refractivity (Wildman–Crippen MR) is 106 cm³/mol. The largest absolute Gasteiger partial charge is 0.497 e. The molecule has 0 saturated carbocycles. The molecule has 0 spiro atoms. The summed E-state index contributed by atoms with van der Waals surface area (Å²) >= 11 is 0. The van der Waals surface area contributed by atoms with Crippen LogP contribution >= 0.6 is 0 Å². The van der Waals surface area contributed by atoms with Crippen molar-refractivity contribution in [3.05, 3.63) is 29.8 Å². The lowest BCUT2D eigenvalue weighted by molar-refractivity contribution is 0.185. The van der Waals surface area contributed by atoms with E-state index in [0.29, 0.717) is 0 Å². The van der Waals surface area contributed by atoms with Gasteiger partial charge in [-0.05, 0) is 68.9 Å². The first-order valence-electron chi connectivity index (χ1n) is 9.55. The minimum atomic E-state index is 0.758. The molecule has 1 saturated heterocycles. The van der Waals surface area contributed by atoms with E-state index in [4.69, 9.17) is 4.74 Å². The zero-order chi connectivity index (χ0) is 17.9. The molecule has 0 radical (unpaired) electrons. The number of methoxy groups -OCH3 is 1. The zero-order valence-corrected chi connectivity index (χ0v) is 16.1. The van der Waals surface area contributed by atoms with Crippen LogP contribution in [0.1, 0.15) is 31.7 Å². The molecule has 5 nitrogen and oxygen atoms in total. The molecule has 0 amide bonds. The van der Waals surface area contributed by atoms with Crippen molar-refractivity contribution in [2.24, 2.45) is 10.9 Å². The van der Waals surface area contributed by atoms with E-state index in [9.17, 15) is 0 Å². The Morgan fingerprint density at radius 3 is 2.52 bits per heavy atom. The lowest BCUT2D eigenvalue weighted by Crippen LogP contribution is -2.43. The van der Waals surface area contributed by atoms with Crippen LogP contribution in [0.15, 0.2) is 29.3 Å². The van der Waals surface area contributed by atoms with Crippen LogP contribution in [0.25, 0.3) is 0 Å². The van der Waals surface area contributed by atoms with Gasteiger partial charge in [0.05, 0.1) is 7.11 Å². The van der Waals surface area contributed by atoms with Crippen LogP contribution in [0.2, 0.25) is 0 Å². The van der Waals surface area contributed by atoms with Gasteiger partial charge in [-0.25, -0.2) is 0 Å². The number of nitrogens with one attached hydrogen (secondary N) is 2. The van der Waals surface area contributed by atoms with Gasteiger partial charge in [-0.3, -0.25) is 4.99 Å². The zero-order valence-electron chi connectivity index (χ0n) is 16.1. The van der Waals surface area contributed by atoms with Gasteiger partial charge >= 0.3 is 0 Å². The van der Waals surface area contributed by atoms with E-state index in [1.807, 2.05) is 19.2 Å². The van der Waals surface area contributed by atoms with E-state index in [2.05, 4.69) is 39.6 Å². The Morgan fingerprint density at radius 2 is 1.92 bits per heavy atom. The monoisotopic (exact) mass is 346 g/mol. The molecule has 0 unspecified atom stereocenters. The van der Waals surface area contributed by atoms with Gasteiger partial charge < -0.3 is 20.3 Å². The van der Waals surface area contributed by atoms with Crippen molar-refractivity contribution in [3.8, 4) is 5.75 Å². The molecule has 0 atom stereocenters. The Kier molecular flexibility index (Phi) is 8.60. The number of rotatable bonds is 8.